The minimum absolute atomic E-state index is 0. The molecule has 152 valence electrons. The van der Waals surface area contributed by atoms with Crippen LogP contribution in [0.3, 0.4) is 0 Å². The van der Waals surface area contributed by atoms with Crippen molar-refractivity contribution >= 4 is 23.5 Å². The largest absolute Gasteiger partial charge is 1.00 e. The van der Waals surface area contributed by atoms with Crippen LogP contribution in [0.15, 0.2) is 106 Å². The first-order valence-electron chi connectivity index (χ1n) is 8.80. The molecule has 0 aliphatic heterocycles. The van der Waals surface area contributed by atoms with Crippen molar-refractivity contribution in [1.82, 2.24) is 0 Å². The van der Waals surface area contributed by atoms with Crippen LogP contribution >= 0.6 is 15.9 Å². The van der Waals surface area contributed by atoms with E-state index in [2.05, 4.69) is 76.6 Å². The summed E-state index contributed by atoms with van der Waals surface area (Å²) in [5, 5.41) is 0. The molecule has 1 heterocycles. The van der Waals surface area contributed by atoms with Crippen LogP contribution in [0.1, 0.15) is 0 Å². The molecule has 0 saturated carbocycles. The van der Waals surface area contributed by atoms with Gasteiger partial charge in [0.05, 0.1) is 23.3 Å². The molecule has 4 rings (SSSR count). The Morgan fingerprint density at radius 2 is 0.967 bits per heavy atom. The Bertz CT molecular complexity index is 985. The van der Waals surface area contributed by atoms with Crippen LogP contribution in [0.25, 0.3) is 33.8 Å². The molecule has 0 fully saturated rings. The second kappa shape index (κ2) is 11.3. The van der Waals surface area contributed by atoms with Gasteiger partial charge in [0.2, 0.25) is 0 Å². The summed E-state index contributed by atoms with van der Waals surface area (Å²) in [5.74, 6) is 1.72. The fourth-order valence-electron chi connectivity index (χ4n) is 2.80. The van der Waals surface area contributed by atoms with Gasteiger partial charge in [-0.15, -0.1) is 0 Å². The van der Waals surface area contributed by atoms with E-state index in [-0.39, 0.29) is 4.70 Å². The molecule has 0 aliphatic rings. The third-order valence-corrected chi connectivity index (χ3v) is 4.62. The number of halogens is 5. The molecular formula is C23H16BBrF4O. The molecule has 0 N–H and O–H groups in total. The highest BCUT2D eigenvalue weighted by molar-refractivity contribution is 9.10. The lowest BCUT2D eigenvalue weighted by Crippen LogP contribution is -3.00. The Labute approximate surface area is 180 Å². The predicted octanol–water partition coefficient (Wildman–Crippen LogP) is 5.21. The monoisotopic (exact) mass is 474 g/mol. The molecule has 1 aromatic heterocycles. The van der Waals surface area contributed by atoms with Crippen molar-refractivity contribution in [3.63, 3.8) is 0 Å². The summed E-state index contributed by atoms with van der Waals surface area (Å²) in [6.45, 7) is 0. The van der Waals surface area contributed by atoms with Gasteiger partial charge in [-0.1, -0.05) is 64.5 Å². The van der Waals surface area contributed by atoms with Crippen molar-refractivity contribution < 1.29 is 22.1 Å². The fraction of sp³-hybridized carbons (Fsp3) is 0. The van der Waals surface area contributed by atoms with Crippen LogP contribution in [0.4, 0.5) is 12.9 Å². The maximum absolute atomic E-state index is 9.67. The zero-order valence-corrected chi connectivity index (χ0v) is 17.2. The Morgan fingerprint density at radius 1 is 0.567 bits per heavy atom. The molecule has 0 bridgehead atoms. The number of rotatable bonds is 3. The minimum atomic E-state index is -3.67. The van der Waals surface area contributed by atoms with Gasteiger partial charge in [-0.25, -0.2) is 4.42 Å². The van der Waals surface area contributed by atoms with Crippen molar-refractivity contribution in [3.05, 3.63) is 102 Å². The highest BCUT2D eigenvalue weighted by atomic mass is 79.9. The van der Waals surface area contributed by atoms with Gasteiger partial charge in [-0.05, 0) is 42.0 Å². The van der Waals surface area contributed by atoms with Crippen LogP contribution in [-0.2, 0) is 0 Å². The third-order valence-electron chi connectivity index (χ3n) is 4.09. The van der Waals surface area contributed by atoms with Gasteiger partial charge in [0.25, 0.3) is 0 Å². The van der Waals surface area contributed by atoms with E-state index in [1.54, 1.807) is 0 Å². The molecule has 0 spiro atoms. The van der Waals surface area contributed by atoms with E-state index in [0.29, 0.717) is 0 Å². The first-order valence-corrected chi connectivity index (χ1v) is 9.59. The molecule has 0 saturated heterocycles. The number of hydrogen-bond acceptors (Lipinski definition) is 0. The molecule has 0 amide bonds. The summed E-state index contributed by atoms with van der Waals surface area (Å²) in [7, 11) is -3.67. The van der Waals surface area contributed by atoms with Gasteiger partial charge in [0, 0.05) is 10.0 Å². The van der Waals surface area contributed by atoms with Crippen LogP contribution in [0, 0.1) is 0 Å². The van der Waals surface area contributed by atoms with E-state index >= 15 is 0 Å². The predicted molar refractivity (Wildman–Crippen MR) is 116 cm³/mol. The van der Waals surface area contributed by atoms with E-state index in [9.17, 15) is 12.9 Å². The zero-order valence-electron chi connectivity index (χ0n) is 15.6. The standard InChI is InChI=1S/C23H16BrO.BF3.FH/c24-21-13-11-17(12-14-21)20-15-22(18-7-3-1-4-8-18)25-23(16-20)19-9-5-2-6-10-19;2-1(3)4;/h1-16H;;1H/q+1;;/p-1. The fourth-order valence-corrected chi connectivity index (χ4v) is 3.06. The van der Waals surface area contributed by atoms with Crippen LogP contribution in [0.2, 0.25) is 0 Å². The number of hydrogen-bond donors (Lipinski definition) is 0. The topological polar surface area (TPSA) is 11.3 Å². The Morgan fingerprint density at radius 3 is 1.37 bits per heavy atom. The summed E-state index contributed by atoms with van der Waals surface area (Å²) >= 11 is 3.50. The highest BCUT2D eigenvalue weighted by Crippen LogP contribution is 2.33. The second-order valence-corrected chi connectivity index (χ2v) is 6.98. The molecule has 1 nitrogen and oxygen atoms in total. The van der Waals surface area contributed by atoms with Gasteiger partial charge >= 0.3 is 19.1 Å². The maximum atomic E-state index is 9.67. The quantitative estimate of drug-likeness (QED) is 0.225. The zero-order chi connectivity index (χ0) is 20.6. The molecule has 7 heteroatoms. The summed E-state index contributed by atoms with van der Waals surface area (Å²) < 4.78 is 36.3. The Kier molecular flexibility index (Phi) is 8.80. The normalized spacial score (nSPS) is 9.73. The Hall–Kier alpha value is -2.93. The smallest absolute Gasteiger partial charge is 0.762 e. The van der Waals surface area contributed by atoms with E-state index in [0.717, 1.165) is 38.2 Å². The molecule has 0 radical (unpaired) electrons. The molecule has 0 atom stereocenters. The maximum Gasteiger partial charge on any atom is 0.762 e. The van der Waals surface area contributed by atoms with Crippen LogP contribution in [-0.4, -0.2) is 7.54 Å². The average molecular weight is 475 g/mol. The third kappa shape index (κ3) is 6.56. The molecule has 30 heavy (non-hydrogen) atoms. The molecular weight excluding hydrogens is 459 g/mol. The van der Waals surface area contributed by atoms with E-state index in [4.69, 9.17) is 4.42 Å². The average Bonchev–Trinajstić information content (AvgIpc) is 2.75. The summed E-state index contributed by atoms with van der Waals surface area (Å²) in [6, 6.07) is 33.0. The van der Waals surface area contributed by atoms with Crippen molar-refractivity contribution in [3.8, 4) is 33.8 Å². The van der Waals surface area contributed by atoms with Crippen molar-refractivity contribution in [2.45, 2.75) is 0 Å². The highest BCUT2D eigenvalue weighted by Gasteiger charge is 2.20. The first-order chi connectivity index (χ1) is 14.0. The van der Waals surface area contributed by atoms with Crippen molar-refractivity contribution in [2.75, 3.05) is 0 Å². The van der Waals surface area contributed by atoms with E-state index in [1.165, 1.54) is 0 Å². The van der Waals surface area contributed by atoms with E-state index in [1.807, 2.05) is 36.4 Å². The summed E-state index contributed by atoms with van der Waals surface area (Å²) in [5.41, 5.74) is 4.43. The molecule has 0 unspecified atom stereocenters. The van der Waals surface area contributed by atoms with Gasteiger partial charge in [-0.3, -0.25) is 12.9 Å². The second-order valence-electron chi connectivity index (χ2n) is 6.06. The van der Waals surface area contributed by atoms with Gasteiger partial charge in [0.1, 0.15) is 0 Å². The molecule has 0 aliphatic carbocycles. The lowest BCUT2D eigenvalue weighted by molar-refractivity contribution is -0.00000881. The van der Waals surface area contributed by atoms with Crippen LogP contribution < -0.4 is 4.70 Å². The Balaban J connectivity index is 0.000000591. The SMILES string of the molecule is Brc1ccc(-c2cc(-c3ccccc3)[o+]c(-c3ccccc3)c2)cc1.FB(F)F.[F-]. The molecule has 3 aromatic carbocycles. The van der Waals surface area contributed by atoms with Crippen LogP contribution in [0.5, 0.6) is 0 Å². The van der Waals surface area contributed by atoms with Gasteiger partial charge in [0.15, 0.2) is 0 Å². The first kappa shape index (κ1) is 23.4. The van der Waals surface area contributed by atoms with E-state index < -0.39 is 7.54 Å². The molecule has 4 aromatic rings. The lowest BCUT2D eigenvalue weighted by atomic mass is 10.0. The van der Waals surface area contributed by atoms with Crippen molar-refractivity contribution in [2.24, 2.45) is 0 Å². The summed E-state index contributed by atoms with van der Waals surface area (Å²) in [6.07, 6.45) is 0. The van der Waals surface area contributed by atoms with Gasteiger partial charge in [-0.2, -0.15) is 0 Å². The lowest BCUT2D eigenvalue weighted by Gasteiger charge is -2.02. The van der Waals surface area contributed by atoms with Gasteiger partial charge < -0.3 is 4.70 Å². The minimum Gasteiger partial charge on any atom is -1.00 e. The number of benzene rings is 3. The van der Waals surface area contributed by atoms with Crippen molar-refractivity contribution in [1.29, 1.82) is 0 Å². The summed E-state index contributed by atoms with van der Waals surface area (Å²) in [4.78, 5) is 0.